The van der Waals surface area contributed by atoms with Crippen LogP contribution >= 0.6 is 0 Å². The summed E-state index contributed by atoms with van der Waals surface area (Å²) in [5, 5.41) is 3.40. The number of hydrogen-bond donors (Lipinski definition) is 1. The van der Waals surface area contributed by atoms with Crippen LogP contribution in [0.3, 0.4) is 0 Å². The first kappa shape index (κ1) is 11.6. The Labute approximate surface area is 113 Å². The van der Waals surface area contributed by atoms with Crippen molar-refractivity contribution in [3.8, 4) is 11.5 Å². The normalized spacial score (nSPS) is 27.3. The van der Waals surface area contributed by atoms with Gasteiger partial charge in [0.25, 0.3) is 0 Å². The summed E-state index contributed by atoms with van der Waals surface area (Å²) in [6, 6.07) is 4.22. The van der Waals surface area contributed by atoms with Crippen LogP contribution in [0.15, 0.2) is 12.1 Å². The number of hydrogen-bond acceptors (Lipinski definition) is 4. The summed E-state index contributed by atoms with van der Waals surface area (Å²) in [7, 11) is 0. The summed E-state index contributed by atoms with van der Waals surface area (Å²) in [5.41, 5.74) is 2.42. The second kappa shape index (κ2) is 4.12. The van der Waals surface area contributed by atoms with Crippen molar-refractivity contribution in [1.29, 1.82) is 0 Å². The van der Waals surface area contributed by atoms with E-state index in [9.17, 15) is 0 Å². The van der Waals surface area contributed by atoms with Gasteiger partial charge in [0.15, 0.2) is 11.5 Å². The van der Waals surface area contributed by atoms with Crippen molar-refractivity contribution in [2.24, 2.45) is 0 Å². The second-order valence-electron chi connectivity index (χ2n) is 5.69. The molecule has 3 heterocycles. The minimum atomic E-state index is -0.0952. The highest BCUT2D eigenvalue weighted by atomic mass is 16.6. The van der Waals surface area contributed by atoms with Crippen molar-refractivity contribution >= 4 is 0 Å². The fraction of sp³-hybridized carbons (Fsp3) is 0.600. The van der Waals surface area contributed by atoms with E-state index in [0.29, 0.717) is 13.2 Å². The van der Waals surface area contributed by atoms with E-state index in [0.717, 1.165) is 37.4 Å². The minimum absolute atomic E-state index is 0.0952. The maximum absolute atomic E-state index is 6.17. The smallest absolute Gasteiger partial charge is 0.167 e. The first-order valence-electron chi connectivity index (χ1n) is 7.09. The zero-order valence-electron chi connectivity index (χ0n) is 11.2. The number of ether oxygens (including phenoxy) is 3. The van der Waals surface area contributed by atoms with Gasteiger partial charge in [-0.25, -0.2) is 0 Å². The van der Waals surface area contributed by atoms with E-state index >= 15 is 0 Å². The molecule has 1 spiro atoms. The van der Waals surface area contributed by atoms with Gasteiger partial charge in [0.05, 0.1) is 12.2 Å². The topological polar surface area (TPSA) is 39.7 Å². The van der Waals surface area contributed by atoms with E-state index in [-0.39, 0.29) is 11.7 Å². The van der Waals surface area contributed by atoms with Gasteiger partial charge in [-0.15, -0.1) is 0 Å². The summed E-state index contributed by atoms with van der Waals surface area (Å²) in [6.45, 7) is 5.34. The molecule has 0 amide bonds. The fourth-order valence-electron chi connectivity index (χ4n) is 3.41. The van der Waals surface area contributed by atoms with E-state index in [2.05, 4.69) is 11.4 Å². The molecule has 1 unspecified atom stereocenters. The van der Waals surface area contributed by atoms with Crippen LogP contribution in [0.2, 0.25) is 0 Å². The molecule has 1 aromatic carbocycles. The molecule has 4 heteroatoms. The molecule has 3 aliphatic rings. The molecule has 1 aromatic rings. The maximum atomic E-state index is 6.17. The second-order valence-corrected chi connectivity index (χ2v) is 5.69. The molecule has 0 saturated carbocycles. The zero-order valence-corrected chi connectivity index (χ0v) is 11.2. The molecule has 102 valence electrons. The number of benzene rings is 1. The van der Waals surface area contributed by atoms with Gasteiger partial charge in [0.1, 0.15) is 12.7 Å². The molecule has 1 fully saturated rings. The van der Waals surface area contributed by atoms with Gasteiger partial charge in [-0.2, -0.15) is 0 Å². The van der Waals surface area contributed by atoms with Crippen LogP contribution < -0.4 is 14.8 Å². The van der Waals surface area contributed by atoms with Crippen LogP contribution in [0.1, 0.15) is 30.9 Å². The van der Waals surface area contributed by atoms with E-state index < -0.39 is 0 Å². The van der Waals surface area contributed by atoms with E-state index in [1.165, 1.54) is 11.1 Å². The van der Waals surface area contributed by atoms with Crippen molar-refractivity contribution in [2.75, 3.05) is 19.7 Å². The highest BCUT2D eigenvalue weighted by molar-refractivity contribution is 5.54. The largest absolute Gasteiger partial charge is 0.485 e. The van der Waals surface area contributed by atoms with Crippen LogP contribution in [0.4, 0.5) is 0 Å². The lowest BCUT2D eigenvalue weighted by Gasteiger charge is -2.34. The number of nitrogens with one attached hydrogen (secondary N) is 1. The minimum Gasteiger partial charge on any atom is -0.485 e. The number of fused-ring (bicyclic) bond motifs is 4. The molecule has 4 nitrogen and oxygen atoms in total. The van der Waals surface area contributed by atoms with Crippen LogP contribution in [-0.2, 0) is 16.9 Å². The summed E-state index contributed by atoms with van der Waals surface area (Å²) in [6.07, 6.45) is 2.20. The van der Waals surface area contributed by atoms with Gasteiger partial charge >= 0.3 is 0 Å². The molecule has 1 N–H and O–H groups in total. The van der Waals surface area contributed by atoms with E-state index in [1.54, 1.807) is 0 Å². The molecular formula is C15H19NO3. The molecule has 19 heavy (non-hydrogen) atoms. The molecule has 0 bridgehead atoms. The van der Waals surface area contributed by atoms with Crippen molar-refractivity contribution in [3.63, 3.8) is 0 Å². The monoisotopic (exact) mass is 261 g/mol. The van der Waals surface area contributed by atoms with Crippen molar-refractivity contribution in [1.82, 2.24) is 5.32 Å². The SMILES string of the molecule is CC1COc2c(ccc3c2COC32CCNCC2)O1. The van der Waals surface area contributed by atoms with Crippen LogP contribution in [-0.4, -0.2) is 25.8 Å². The van der Waals surface area contributed by atoms with E-state index in [1.807, 2.05) is 13.0 Å². The molecular weight excluding hydrogens is 242 g/mol. The Morgan fingerprint density at radius 2 is 2.11 bits per heavy atom. The third kappa shape index (κ3) is 1.66. The summed E-state index contributed by atoms with van der Waals surface area (Å²) >= 11 is 0. The first-order chi connectivity index (χ1) is 9.28. The molecule has 0 aromatic heterocycles. The molecule has 1 saturated heterocycles. The predicted molar refractivity (Wildman–Crippen MR) is 70.6 cm³/mol. The number of piperidine rings is 1. The highest BCUT2D eigenvalue weighted by Crippen LogP contribution is 2.49. The van der Waals surface area contributed by atoms with Crippen molar-refractivity contribution in [3.05, 3.63) is 23.3 Å². The Bertz CT molecular complexity index is 508. The maximum Gasteiger partial charge on any atom is 0.167 e. The number of rotatable bonds is 0. The molecule has 0 radical (unpaired) electrons. The Balaban J connectivity index is 1.78. The quantitative estimate of drug-likeness (QED) is 0.775. The van der Waals surface area contributed by atoms with Crippen LogP contribution in [0, 0.1) is 0 Å². The van der Waals surface area contributed by atoms with Crippen molar-refractivity contribution < 1.29 is 14.2 Å². The molecule has 3 aliphatic heterocycles. The Kier molecular flexibility index (Phi) is 2.50. The summed E-state index contributed by atoms with van der Waals surface area (Å²) < 4.78 is 17.9. The van der Waals surface area contributed by atoms with Gasteiger partial charge in [-0.1, -0.05) is 6.07 Å². The van der Waals surface area contributed by atoms with Crippen LogP contribution in [0.25, 0.3) is 0 Å². The molecule has 0 aliphatic carbocycles. The zero-order chi connectivity index (χ0) is 12.9. The summed E-state index contributed by atoms with van der Waals surface area (Å²) in [5.74, 6) is 1.78. The average Bonchev–Trinajstić information content (AvgIpc) is 2.78. The average molecular weight is 261 g/mol. The standard InChI is InChI=1S/C15H19NO3/c1-10-8-17-14-11-9-18-15(4-6-16-7-5-15)12(11)2-3-13(14)19-10/h2-3,10,16H,4-9H2,1H3. The highest BCUT2D eigenvalue weighted by Gasteiger charge is 2.43. The van der Waals surface area contributed by atoms with Gasteiger partial charge in [-0.3, -0.25) is 0 Å². The van der Waals surface area contributed by atoms with Gasteiger partial charge < -0.3 is 19.5 Å². The van der Waals surface area contributed by atoms with E-state index in [4.69, 9.17) is 14.2 Å². The fourth-order valence-corrected chi connectivity index (χ4v) is 3.41. The summed E-state index contributed by atoms with van der Waals surface area (Å²) in [4.78, 5) is 0. The molecule has 1 atom stereocenters. The van der Waals surface area contributed by atoms with Crippen LogP contribution in [0.5, 0.6) is 11.5 Å². The van der Waals surface area contributed by atoms with Gasteiger partial charge in [0, 0.05) is 5.56 Å². The lowest BCUT2D eigenvalue weighted by molar-refractivity contribution is -0.0592. The predicted octanol–water partition coefficient (Wildman–Crippen LogP) is 1.96. The first-order valence-corrected chi connectivity index (χ1v) is 7.09. The van der Waals surface area contributed by atoms with Crippen molar-refractivity contribution in [2.45, 2.75) is 38.1 Å². The Hall–Kier alpha value is -1.26. The Morgan fingerprint density at radius 3 is 2.95 bits per heavy atom. The lowest BCUT2D eigenvalue weighted by atomic mass is 9.84. The Morgan fingerprint density at radius 1 is 1.26 bits per heavy atom. The van der Waals surface area contributed by atoms with Gasteiger partial charge in [0.2, 0.25) is 0 Å². The van der Waals surface area contributed by atoms with Gasteiger partial charge in [-0.05, 0) is 44.5 Å². The molecule has 4 rings (SSSR count). The lowest BCUT2D eigenvalue weighted by Crippen LogP contribution is -2.39. The third-order valence-corrected chi connectivity index (χ3v) is 4.41. The third-order valence-electron chi connectivity index (χ3n) is 4.41.